The molecule has 3 aromatic rings. The molecule has 0 aliphatic rings. The van der Waals surface area contributed by atoms with Crippen LogP contribution in [0.1, 0.15) is 10.4 Å². The van der Waals surface area contributed by atoms with E-state index in [4.69, 9.17) is 9.47 Å². The zero-order valence-electron chi connectivity index (χ0n) is 13.2. The Morgan fingerprint density at radius 2 is 1.72 bits per heavy atom. The van der Waals surface area contributed by atoms with E-state index >= 15 is 0 Å². The average Bonchev–Trinajstić information content (AvgIpc) is 2.63. The fourth-order valence-corrected chi connectivity index (χ4v) is 2.32. The lowest BCUT2D eigenvalue weighted by Crippen LogP contribution is -2.08. The molecule has 3 nitrogen and oxygen atoms in total. The minimum atomic E-state index is -0.925. The summed E-state index contributed by atoms with van der Waals surface area (Å²) < 4.78 is 37.5. The van der Waals surface area contributed by atoms with Crippen molar-refractivity contribution in [2.24, 2.45) is 0 Å². The van der Waals surface area contributed by atoms with E-state index in [9.17, 15) is 13.6 Å². The van der Waals surface area contributed by atoms with E-state index in [-0.39, 0.29) is 11.1 Å². The van der Waals surface area contributed by atoms with E-state index in [0.717, 1.165) is 6.07 Å². The molecule has 0 aliphatic heterocycles. The molecule has 5 heteroatoms. The van der Waals surface area contributed by atoms with Crippen LogP contribution in [0, 0.1) is 11.6 Å². The SMILES string of the molecule is C=CCOc1ccc(C(=O)Oc2ccc3c(F)c(F)ccc3c2)cc1. The van der Waals surface area contributed by atoms with Crippen LogP contribution in [-0.4, -0.2) is 12.6 Å². The van der Waals surface area contributed by atoms with Gasteiger partial charge in [-0.3, -0.25) is 0 Å². The first-order chi connectivity index (χ1) is 12.1. The van der Waals surface area contributed by atoms with Crippen molar-refractivity contribution in [2.75, 3.05) is 6.61 Å². The number of carbonyl (C=O) groups excluding carboxylic acids is 1. The predicted molar refractivity (Wildman–Crippen MR) is 91.0 cm³/mol. The van der Waals surface area contributed by atoms with Crippen LogP contribution in [0.15, 0.2) is 67.3 Å². The quantitative estimate of drug-likeness (QED) is 0.376. The molecule has 3 rings (SSSR count). The van der Waals surface area contributed by atoms with E-state index in [1.54, 1.807) is 30.3 Å². The largest absolute Gasteiger partial charge is 0.490 e. The van der Waals surface area contributed by atoms with E-state index in [2.05, 4.69) is 6.58 Å². The monoisotopic (exact) mass is 340 g/mol. The first kappa shape index (κ1) is 16.6. The number of esters is 1. The molecular weight excluding hydrogens is 326 g/mol. The molecule has 25 heavy (non-hydrogen) atoms. The van der Waals surface area contributed by atoms with Crippen molar-refractivity contribution < 1.29 is 23.0 Å². The molecule has 0 spiro atoms. The fraction of sp³-hybridized carbons (Fsp3) is 0.0500. The molecule has 0 heterocycles. The van der Waals surface area contributed by atoms with Gasteiger partial charge in [0.25, 0.3) is 0 Å². The molecule has 0 fully saturated rings. The summed E-state index contributed by atoms with van der Waals surface area (Å²) in [4.78, 5) is 12.2. The Labute approximate surface area is 143 Å². The molecule has 0 saturated heterocycles. The van der Waals surface area contributed by atoms with Gasteiger partial charge in [-0.2, -0.15) is 0 Å². The second kappa shape index (κ2) is 7.13. The van der Waals surface area contributed by atoms with E-state index < -0.39 is 17.6 Å². The third kappa shape index (κ3) is 3.66. The predicted octanol–water partition coefficient (Wildman–Crippen LogP) is 4.90. The number of ether oxygens (including phenoxy) is 2. The highest BCUT2D eigenvalue weighted by Crippen LogP contribution is 2.25. The van der Waals surface area contributed by atoms with Crippen LogP contribution in [0.4, 0.5) is 8.78 Å². The summed E-state index contributed by atoms with van der Waals surface area (Å²) in [6.45, 7) is 3.93. The fourth-order valence-electron chi connectivity index (χ4n) is 2.32. The Morgan fingerprint density at radius 3 is 2.44 bits per heavy atom. The summed E-state index contributed by atoms with van der Waals surface area (Å²) in [5.41, 5.74) is 0.344. The Hall–Kier alpha value is -3.21. The van der Waals surface area contributed by atoms with Gasteiger partial charge in [-0.15, -0.1) is 0 Å². The number of rotatable bonds is 5. The minimum Gasteiger partial charge on any atom is -0.490 e. The molecular formula is C20H14F2O3. The number of carbonyl (C=O) groups is 1. The smallest absolute Gasteiger partial charge is 0.343 e. The number of hydrogen-bond donors (Lipinski definition) is 0. The van der Waals surface area contributed by atoms with Gasteiger partial charge >= 0.3 is 5.97 Å². The number of benzene rings is 3. The Morgan fingerprint density at radius 1 is 1.00 bits per heavy atom. The lowest BCUT2D eigenvalue weighted by Gasteiger charge is -2.07. The Kier molecular flexibility index (Phi) is 4.75. The summed E-state index contributed by atoms with van der Waals surface area (Å²) >= 11 is 0. The second-order valence-corrected chi connectivity index (χ2v) is 5.26. The van der Waals surface area contributed by atoms with Crippen LogP contribution >= 0.6 is 0 Å². The van der Waals surface area contributed by atoms with Crippen LogP contribution in [0.25, 0.3) is 10.8 Å². The molecule has 0 unspecified atom stereocenters. The molecule has 0 saturated carbocycles. The van der Waals surface area contributed by atoms with Crippen molar-refractivity contribution in [1.29, 1.82) is 0 Å². The average molecular weight is 340 g/mol. The maximum Gasteiger partial charge on any atom is 0.343 e. The van der Waals surface area contributed by atoms with Gasteiger partial charge in [-0.1, -0.05) is 18.7 Å². The van der Waals surface area contributed by atoms with Gasteiger partial charge in [-0.25, -0.2) is 13.6 Å². The molecule has 0 amide bonds. The number of fused-ring (bicyclic) bond motifs is 1. The number of hydrogen-bond acceptors (Lipinski definition) is 3. The van der Waals surface area contributed by atoms with Gasteiger partial charge in [0.1, 0.15) is 18.1 Å². The highest BCUT2D eigenvalue weighted by molar-refractivity contribution is 5.92. The summed E-state index contributed by atoms with van der Waals surface area (Å²) in [7, 11) is 0. The van der Waals surface area contributed by atoms with Crippen molar-refractivity contribution in [1.82, 2.24) is 0 Å². The first-order valence-electron chi connectivity index (χ1n) is 7.52. The van der Waals surface area contributed by atoms with Crippen molar-refractivity contribution >= 4 is 16.7 Å². The molecule has 0 N–H and O–H groups in total. The standard InChI is InChI=1S/C20H14F2O3/c1-2-11-24-15-6-3-13(4-7-15)20(23)25-16-8-9-17-14(12-16)5-10-18(21)19(17)22/h2-10,12H,1,11H2. The van der Waals surface area contributed by atoms with E-state index in [1.807, 2.05) is 0 Å². The van der Waals surface area contributed by atoms with E-state index in [1.165, 1.54) is 24.3 Å². The molecule has 0 atom stereocenters. The lowest BCUT2D eigenvalue weighted by atomic mass is 10.1. The van der Waals surface area contributed by atoms with Crippen molar-refractivity contribution in [2.45, 2.75) is 0 Å². The summed E-state index contributed by atoms with van der Waals surface area (Å²) in [6.07, 6.45) is 1.62. The third-order valence-corrected chi connectivity index (χ3v) is 3.55. The van der Waals surface area contributed by atoms with Gasteiger partial charge in [0.2, 0.25) is 0 Å². The molecule has 126 valence electrons. The van der Waals surface area contributed by atoms with Crippen molar-refractivity contribution in [3.8, 4) is 11.5 Å². The van der Waals surface area contributed by atoms with E-state index in [0.29, 0.717) is 23.3 Å². The molecule has 0 bridgehead atoms. The first-order valence-corrected chi connectivity index (χ1v) is 7.52. The summed E-state index contributed by atoms with van der Waals surface area (Å²) in [5.74, 6) is -1.55. The molecule has 3 aromatic carbocycles. The van der Waals surface area contributed by atoms with Crippen LogP contribution in [0.2, 0.25) is 0 Å². The van der Waals surface area contributed by atoms with Crippen LogP contribution < -0.4 is 9.47 Å². The zero-order valence-corrected chi connectivity index (χ0v) is 13.2. The van der Waals surface area contributed by atoms with Crippen LogP contribution in [-0.2, 0) is 0 Å². The van der Waals surface area contributed by atoms with Crippen LogP contribution in [0.5, 0.6) is 11.5 Å². The minimum absolute atomic E-state index is 0.128. The summed E-state index contributed by atoms with van der Waals surface area (Å²) in [6, 6.07) is 13.2. The highest BCUT2D eigenvalue weighted by Gasteiger charge is 2.11. The third-order valence-electron chi connectivity index (χ3n) is 3.55. The molecule has 0 aromatic heterocycles. The molecule has 0 aliphatic carbocycles. The topological polar surface area (TPSA) is 35.5 Å². The normalized spacial score (nSPS) is 10.5. The van der Waals surface area contributed by atoms with Gasteiger partial charge in [-0.05, 0) is 53.9 Å². The van der Waals surface area contributed by atoms with Crippen molar-refractivity contribution in [3.05, 3.63) is 84.5 Å². The van der Waals surface area contributed by atoms with Gasteiger partial charge in [0, 0.05) is 5.39 Å². The van der Waals surface area contributed by atoms with Gasteiger partial charge in [0.05, 0.1) is 5.56 Å². The Balaban J connectivity index is 1.77. The number of halogens is 2. The van der Waals surface area contributed by atoms with Gasteiger partial charge in [0.15, 0.2) is 11.6 Å². The van der Waals surface area contributed by atoms with Crippen molar-refractivity contribution in [3.63, 3.8) is 0 Å². The second-order valence-electron chi connectivity index (χ2n) is 5.26. The summed E-state index contributed by atoms with van der Waals surface area (Å²) in [5, 5.41) is 0.570. The highest BCUT2D eigenvalue weighted by atomic mass is 19.2. The Bertz CT molecular complexity index is 934. The zero-order chi connectivity index (χ0) is 17.8. The lowest BCUT2D eigenvalue weighted by molar-refractivity contribution is 0.0735. The molecule has 0 radical (unpaired) electrons. The maximum atomic E-state index is 13.7. The van der Waals surface area contributed by atoms with Crippen LogP contribution in [0.3, 0.4) is 0 Å². The van der Waals surface area contributed by atoms with Gasteiger partial charge < -0.3 is 9.47 Å². The maximum absolute atomic E-state index is 13.7.